The molecule has 0 bridgehead atoms. The predicted molar refractivity (Wildman–Crippen MR) is 141 cm³/mol. The van der Waals surface area contributed by atoms with Gasteiger partial charge >= 0.3 is 0 Å². The molecule has 3 aromatic rings. The van der Waals surface area contributed by atoms with Crippen LogP contribution in [-0.4, -0.2) is 48.7 Å². The van der Waals surface area contributed by atoms with E-state index in [2.05, 4.69) is 56.7 Å². The number of methoxy groups -OCH3 is 1. The molecule has 1 aliphatic heterocycles. The van der Waals surface area contributed by atoms with Gasteiger partial charge in [0.25, 0.3) is 0 Å². The maximum absolute atomic E-state index is 5.53. The number of hydrogen-bond donors (Lipinski definition) is 3. The smallest absolute Gasteiger partial charge is 0.191 e. The quantitative estimate of drug-likeness (QED) is 0.237. The standard InChI is InChI=1S/C24H30N6O.HI/c1-3-25-24(27-16-23-26-15-20(29-23)18-9-5-4-6-10-18)28-19-13-14-30(17-19)21-11-7-8-12-22(21)31-2;/h4-12,15,19H,3,13-14,16-17H2,1-2H3,(H,26,29)(H2,25,27,28);1H. The van der Waals surface area contributed by atoms with Gasteiger partial charge in [-0.1, -0.05) is 42.5 Å². The van der Waals surface area contributed by atoms with E-state index in [0.717, 1.165) is 60.5 Å². The first-order chi connectivity index (χ1) is 15.3. The molecule has 1 atom stereocenters. The predicted octanol–water partition coefficient (Wildman–Crippen LogP) is 4.04. The number of aliphatic imine (C=N–C) groups is 1. The van der Waals surface area contributed by atoms with Crippen LogP contribution in [0.4, 0.5) is 5.69 Å². The molecule has 1 aliphatic rings. The van der Waals surface area contributed by atoms with Crippen molar-refractivity contribution in [1.29, 1.82) is 0 Å². The summed E-state index contributed by atoms with van der Waals surface area (Å²) in [6.45, 7) is 5.26. The zero-order chi connectivity index (χ0) is 21.5. The topological polar surface area (TPSA) is 77.6 Å². The van der Waals surface area contributed by atoms with E-state index in [0.29, 0.717) is 12.6 Å². The Morgan fingerprint density at radius 1 is 1.19 bits per heavy atom. The number of H-pyrrole nitrogens is 1. The average molecular weight is 546 g/mol. The molecule has 1 fully saturated rings. The van der Waals surface area contributed by atoms with Crippen molar-refractivity contribution in [2.75, 3.05) is 31.6 Å². The van der Waals surface area contributed by atoms with Gasteiger partial charge in [-0.3, -0.25) is 0 Å². The maximum atomic E-state index is 5.53. The minimum Gasteiger partial charge on any atom is -0.495 e. The molecular formula is C24H31IN6O. The number of ether oxygens (including phenoxy) is 1. The van der Waals surface area contributed by atoms with Gasteiger partial charge in [0.1, 0.15) is 18.1 Å². The van der Waals surface area contributed by atoms with Crippen LogP contribution in [0.15, 0.2) is 65.8 Å². The molecule has 1 aromatic heterocycles. The number of nitrogens with one attached hydrogen (secondary N) is 3. The van der Waals surface area contributed by atoms with Gasteiger partial charge in [0.05, 0.1) is 24.7 Å². The Morgan fingerprint density at radius 3 is 2.75 bits per heavy atom. The van der Waals surface area contributed by atoms with E-state index in [4.69, 9.17) is 9.73 Å². The number of benzene rings is 2. The van der Waals surface area contributed by atoms with Crippen LogP contribution < -0.4 is 20.3 Å². The second-order valence-corrected chi connectivity index (χ2v) is 7.55. The highest BCUT2D eigenvalue weighted by Gasteiger charge is 2.25. The fourth-order valence-electron chi connectivity index (χ4n) is 3.86. The lowest BCUT2D eigenvalue weighted by atomic mass is 10.2. The lowest BCUT2D eigenvalue weighted by Gasteiger charge is -2.22. The molecule has 1 saturated heterocycles. The molecule has 1 unspecified atom stereocenters. The van der Waals surface area contributed by atoms with Gasteiger partial charge in [0, 0.05) is 25.7 Å². The second-order valence-electron chi connectivity index (χ2n) is 7.55. The lowest BCUT2D eigenvalue weighted by molar-refractivity contribution is 0.415. The summed E-state index contributed by atoms with van der Waals surface area (Å²) >= 11 is 0. The van der Waals surface area contributed by atoms with Crippen LogP contribution in [0.3, 0.4) is 0 Å². The summed E-state index contributed by atoms with van der Waals surface area (Å²) in [7, 11) is 1.72. The minimum absolute atomic E-state index is 0. The number of imidazole rings is 1. The SMILES string of the molecule is CCNC(=NCc1ncc(-c2ccccc2)[nH]1)NC1CCN(c2ccccc2OC)C1.I. The fraction of sp³-hybridized carbons (Fsp3) is 0.333. The Balaban J connectivity index is 0.00000289. The van der Waals surface area contributed by atoms with Crippen LogP contribution in [0.5, 0.6) is 5.75 Å². The first-order valence-electron chi connectivity index (χ1n) is 10.8. The maximum Gasteiger partial charge on any atom is 0.191 e. The normalized spacial score (nSPS) is 15.9. The van der Waals surface area contributed by atoms with Crippen molar-refractivity contribution >= 4 is 35.6 Å². The summed E-state index contributed by atoms with van der Waals surface area (Å²) in [6, 6.07) is 18.7. The van der Waals surface area contributed by atoms with Crippen LogP contribution in [0.1, 0.15) is 19.2 Å². The van der Waals surface area contributed by atoms with Gasteiger partial charge in [-0.2, -0.15) is 0 Å². The number of anilines is 1. The molecular weight excluding hydrogens is 515 g/mol. The molecule has 7 nitrogen and oxygen atoms in total. The van der Waals surface area contributed by atoms with Crippen LogP contribution >= 0.6 is 24.0 Å². The van der Waals surface area contributed by atoms with Gasteiger partial charge in [0.15, 0.2) is 5.96 Å². The van der Waals surface area contributed by atoms with Gasteiger partial charge in [0.2, 0.25) is 0 Å². The summed E-state index contributed by atoms with van der Waals surface area (Å²) in [4.78, 5) is 15.0. The average Bonchev–Trinajstić information content (AvgIpc) is 3.48. The molecule has 0 radical (unpaired) electrons. The van der Waals surface area contributed by atoms with Crippen molar-refractivity contribution in [3.8, 4) is 17.0 Å². The van der Waals surface area contributed by atoms with Gasteiger partial charge in [-0.05, 0) is 31.0 Å². The van der Waals surface area contributed by atoms with E-state index in [1.54, 1.807) is 7.11 Å². The molecule has 0 aliphatic carbocycles. The van der Waals surface area contributed by atoms with Crippen molar-refractivity contribution in [3.63, 3.8) is 0 Å². The van der Waals surface area contributed by atoms with Crippen LogP contribution in [0.2, 0.25) is 0 Å². The fourth-order valence-corrected chi connectivity index (χ4v) is 3.86. The molecule has 3 N–H and O–H groups in total. The largest absolute Gasteiger partial charge is 0.495 e. The highest BCUT2D eigenvalue weighted by Crippen LogP contribution is 2.30. The van der Waals surface area contributed by atoms with Gasteiger partial charge in [-0.25, -0.2) is 9.98 Å². The number of rotatable bonds is 7. The first kappa shape index (κ1) is 23.9. The molecule has 2 heterocycles. The third-order valence-corrected chi connectivity index (χ3v) is 5.40. The van der Waals surface area contributed by atoms with Gasteiger partial charge in [-0.15, -0.1) is 24.0 Å². The summed E-state index contributed by atoms with van der Waals surface area (Å²) in [5.74, 6) is 2.57. The van der Waals surface area contributed by atoms with E-state index >= 15 is 0 Å². The second kappa shape index (κ2) is 11.8. The Morgan fingerprint density at radius 2 is 1.97 bits per heavy atom. The highest BCUT2D eigenvalue weighted by atomic mass is 127. The molecule has 0 amide bonds. The molecule has 170 valence electrons. The number of guanidine groups is 1. The molecule has 0 saturated carbocycles. The Hall–Kier alpha value is -2.75. The third-order valence-electron chi connectivity index (χ3n) is 5.40. The Labute approximate surface area is 206 Å². The lowest BCUT2D eigenvalue weighted by Crippen LogP contribution is -2.44. The number of aromatic nitrogens is 2. The van der Waals surface area contributed by atoms with E-state index < -0.39 is 0 Å². The van der Waals surface area contributed by atoms with Crippen LogP contribution in [0, 0.1) is 0 Å². The number of nitrogens with zero attached hydrogens (tertiary/aromatic N) is 3. The minimum atomic E-state index is 0. The van der Waals surface area contributed by atoms with Crippen molar-refractivity contribution in [2.45, 2.75) is 25.9 Å². The zero-order valence-corrected chi connectivity index (χ0v) is 20.9. The Kier molecular flexibility index (Phi) is 8.78. The number of halogens is 1. The monoisotopic (exact) mass is 546 g/mol. The zero-order valence-electron chi connectivity index (χ0n) is 18.5. The number of para-hydroxylation sites is 2. The van der Waals surface area contributed by atoms with Crippen LogP contribution in [-0.2, 0) is 6.54 Å². The molecule has 2 aromatic carbocycles. The van der Waals surface area contributed by atoms with E-state index in [1.165, 1.54) is 0 Å². The van der Waals surface area contributed by atoms with Crippen molar-refractivity contribution in [2.24, 2.45) is 4.99 Å². The van der Waals surface area contributed by atoms with E-state index in [-0.39, 0.29) is 24.0 Å². The summed E-state index contributed by atoms with van der Waals surface area (Å²) < 4.78 is 5.53. The molecule has 8 heteroatoms. The summed E-state index contributed by atoms with van der Waals surface area (Å²) in [5, 5.41) is 6.93. The number of aromatic amines is 1. The third kappa shape index (κ3) is 5.93. The Bertz CT molecular complexity index is 1010. The van der Waals surface area contributed by atoms with E-state index in [9.17, 15) is 0 Å². The van der Waals surface area contributed by atoms with E-state index in [1.807, 2.05) is 36.5 Å². The summed E-state index contributed by atoms with van der Waals surface area (Å²) in [6.07, 6.45) is 2.91. The molecule has 4 rings (SSSR count). The summed E-state index contributed by atoms with van der Waals surface area (Å²) in [5.41, 5.74) is 3.27. The van der Waals surface area contributed by atoms with Crippen molar-refractivity contribution in [1.82, 2.24) is 20.6 Å². The molecule has 32 heavy (non-hydrogen) atoms. The van der Waals surface area contributed by atoms with Crippen molar-refractivity contribution in [3.05, 3.63) is 66.6 Å². The first-order valence-corrected chi connectivity index (χ1v) is 10.8. The van der Waals surface area contributed by atoms with Crippen LogP contribution in [0.25, 0.3) is 11.3 Å². The van der Waals surface area contributed by atoms with Gasteiger partial charge < -0.3 is 25.3 Å². The number of hydrogen-bond acceptors (Lipinski definition) is 4. The highest BCUT2D eigenvalue weighted by molar-refractivity contribution is 14.0. The molecule has 0 spiro atoms. The van der Waals surface area contributed by atoms with Crippen molar-refractivity contribution < 1.29 is 4.74 Å².